The summed E-state index contributed by atoms with van der Waals surface area (Å²) in [6.07, 6.45) is 0. The average Bonchev–Trinajstić information content (AvgIpc) is 3.14. The van der Waals surface area contributed by atoms with Crippen molar-refractivity contribution in [1.82, 2.24) is 23.7 Å². The summed E-state index contributed by atoms with van der Waals surface area (Å²) in [7, 11) is 3.14. The lowest BCUT2D eigenvalue weighted by atomic mass is 10.3. The molecule has 9 heteroatoms. The Morgan fingerprint density at radius 2 is 1.92 bits per heavy atom. The van der Waals surface area contributed by atoms with Crippen molar-refractivity contribution in [3.8, 4) is 0 Å². The van der Waals surface area contributed by atoms with Crippen molar-refractivity contribution in [1.29, 1.82) is 0 Å². The first-order valence-corrected chi connectivity index (χ1v) is 8.98. The number of thiazole rings is 1. The van der Waals surface area contributed by atoms with Gasteiger partial charge in [0, 0.05) is 31.6 Å². The van der Waals surface area contributed by atoms with Gasteiger partial charge in [0.25, 0.3) is 5.56 Å². The number of aromatic nitrogens is 5. The molecule has 0 spiro atoms. The van der Waals surface area contributed by atoms with Crippen LogP contribution in [0.3, 0.4) is 0 Å². The molecule has 0 amide bonds. The number of rotatable bonds is 3. The molecule has 0 unspecified atom stereocenters. The monoisotopic (exact) mass is 359 g/mol. The molecule has 0 N–H and O–H groups in total. The molecule has 3 aromatic heterocycles. The Balaban J connectivity index is 1.74. The third kappa shape index (κ3) is 2.28. The maximum Gasteiger partial charge on any atom is 0.330 e. The highest BCUT2D eigenvalue weighted by Crippen LogP contribution is 2.30. The van der Waals surface area contributed by atoms with Crippen LogP contribution < -0.4 is 11.2 Å². The van der Waals surface area contributed by atoms with Crippen molar-refractivity contribution >= 4 is 38.3 Å². The molecule has 0 fully saturated rings. The summed E-state index contributed by atoms with van der Waals surface area (Å²) in [4.78, 5) is 24.7. The Kier molecular flexibility index (Phi) is 3.54. The van der Waals surface area contributed by atoms with E-state index in [1.54, 1.807) is 18.4 Å². The lowest BCUT2D eigenvalue weighted by Gasteiger charge is -2.08. The van der Waals surface area contributed by atoms with Gasteiger partial charge < -0.3 is 0 Å². The average molecular weight is 359 g/mol. The highest BCUT2D eigenvalue weighted by molar-refractivity contribution is 7.98. The van der Waals surface area contributed by atoms with Crippen LogP contribution in [0, 0.1) is 0 Å². The Hall–Kier alpha value is -2.39. The number of thioether (sulfide) groups is 1. The van der Waals surface area contributed by atoms with Gasteiger partial charge in [-0.2, -0.15) is 0 Å². The molecule has 0 bridgehead atoms. The lowest BCUT2D eigenvalue weighted by molar-refractivity contribution is 0.665. The third-order valence-electron chi connectivity index (χ3n) is 3.89. The molecule has 4 rings (SSSR count). The van der Waals surface area contributed by atoms with Gasteiger partial charge in [-0.3, -0.25) is 18.3 Å². The molecule has 0 radical (unpaired) electrons. The van der Waals surface area contributed by atoms with Gasteiger partial charge >= 0.3 is 5.69 Å². The van der Waals surface area contributed by atoms with Crippen LogP contribution in [0.25, 0.3) is 15.2 Å². The molecule has 0 atom stereocenters. The van der Waals surface area contributed by atoms with E-state index >= 15 is 0 Å². The Morgan fingerprint density at radius 1 is 1.12 bits per heavy atom. The highest BCUT2D eigenvalue weighted by atomic mass is 32.2. The van der Waals surface area contributed by atoms with Crippen LogP contribution >= 0.6 is 23.1 Å². The van der Waals surface area contributed by atoms with E-state index in [9.17, 15) is 9.59 Å². The van der Waals surface area contributed by atoms with Crippen LogP contribution in [0.1, 0.15) is 5.69 Å². The molecule has 4 aromatic rings. The minimum atomic E-state index is -0.328. The number of para-hydroxylation sites is 1. The first-order valence-electron chi connectivity index (χ1n) is 7.17. The minimum Gasteiger partial charge on any atom is -0.300 e. The van der Waals surface area contributed by atoms with Crippen molar-refractivity contribution in [2.75, 3.05) is 0 Å². The Bertz CT molecular complexity index is 1180. The fourth-order valence-corrected chi connectivity index (χ4v) is 4.49. The van der Waals surface area contributed by atoms with E-state index in [0.717, 1.165) is 24.9 Å². The van der Waals surface area contributed by atoms with E-state index < -0.39 is 0 Å². The summed E-state index contributed by atoms with van der Waals surface area (Å²) in [5, 5.41) is 9.19. The zero-order chi connectivity index (χ0) is 16.8. The van der Waals surface area contributed by atoms with Gasteiger partial charge in [-0.05, 0) is 12.1 Å². The number of benzene rings is 1. The molecule has 0 saturated heterocycles. The van der Waals surface area contributed by atoms with Crippen molar-refractivity contribution in [2.45, 2.75) is 10.9 Å². The van der Waals surface area contributed by atoms with Gasteiger partial charge in [0.15, 0.2) is 5.16 Å². The van der Waals surface area contributed by atoms with Gasteiger partial charge in [-0.15, -0.1) is 10.2 Å². The second kappa shape index (κ2) is 5.60. The topological polar surface area (TPSA) is 74.2 Å². The van der Waals surface area contributed by atoms with E-state index in [1.807, 2.05) is 28.7 Å². The van der Waals surface area contributed by atoms with Crippen LogP contribution in [0.2, 0.25) is 0 Å². The van der Waals surface area contributed by atoms with E-state index in [2.05, 4.69) is 10.2 Å². The fraction of sp³-hybridized carbons (Fsp3) is 0.200. The maximum atomic E-state index is 12.0. The van der Waals surface area contributed by atoms with Gasteiger partial charge in [-0.1, -0.05) is 35.2 Å². The minimum absolute atomic E-state index is 0.305. The van der Waals surface area contributed by atoms with Gasteiger partial charge in [0.05, 0.1) is 10.2 Å². The predicted octanol–water partition coefficient (Wildman–Crippen LogP) is 1.63. The number of fused-ring (bicyclic) bond motifs is 3. The SMILES string of the molecule is Cn1c(CSc2nnc3sc4ccccc4n23)cc(=O)n(C)c1=O. The molecule has 0 aliphatic carbocycles. The van der Waals surface area contributed by atoms with Crippen molar-refractivity contribution in [2.24, 2.45) is 14.1 Å². The molecule has 0 saturated carbocycles. The van der Waals surface area contributed by atoms with Crippen LogP contribution in [0.5, 0.6) is 0 Å². The van der Waals surface area contributed by atoms with Crippen molar-refractivity contribution in [3.05, 3.63) is 56.9 Å². The number of hydrogen-bond donors (Lipinski definition) is 0. The summed E-state index contributed by atoms with van der Waals surface area (Å²) in [5.41, 5.74) is 1.08. The molecule has 7 nitrogen and oxygen atoms in total. The second-order valence-electron chi connectivity index (χ2n) is 5.33. The van der Waals surface area contributed by atoms with Crippen molar-refractivity contribution in [3.63, 3.8) is 0 Å². The number of hydrogen-bond acceptors (Lipinski definition) is 6. The summed E-state index contributed by atoms with van der Waals surface area (Å²) >= 11 is 3.04. The van der Waals surface area contributed by atoms with Gasteiger partial charge in [-0.25, -0.2) is 4.79 Å². The maximum absolute atomic E-state index is 12.0. The molecular weight excluding hydrogens is 346 g/mol. The smallest absolute Gasteiger partial charge is 0.300 e. The van der Waals surface area contributed by atoms with E-state index in [4.69, 9.17) is 0 Å². The summed E-state index contributed by atoms with van der Waals surface area (Å²) < 4.78 is 5.73. The summed E-state index contributed by atoms with van der Waals surface area (Å²) in [6, 6.07) is 9.54. The van der Waals surface area contributed by atoms with Crippen LogP contribution in [0.4, 0.5) is 0 Å². The molecule has 0 aliphatic rings. The fourth-order valence-electron chi connectivity index (χ4n) is 2.50. The quantitative estimate of drug-likeness (QED) is 0.520. The summed E-state index contributed by atoms with van der Waals surface area (Å²) in [6.45, 7) is 0. The molecule has 1 aromatic carbocycles. The summed E-state index contributed by atoms with van der Waals surface area (Å²) in [5.74, 6) is 0.465. The van der Waals surface area contributed by atoms with Crippen molar-refractivity contribution < 1.29 is 0 Å². The molecule has 3 heterocycles. The van der Waals surface area contributed by atoms with Crippen LogP contribution in [-0.4, -0.2) is 23.7 Å². The molecule has 24 heavy (non-hydrogen) atoms. The lowest BCUT2D eigenvalue weighted by Crippen LogP contribution is -2.37. The third-order valence-corrected chi connectivity index (χ3v) is 5.86. The van der Waals surface area contributed by atoms with Crippen LogP contribution in [-0.2, 0) is 19.8 Å². The molecule has 0 aliphatic heterocycles. The Morgan fingerprint density at radius 3 is 2.75 bits per heavy atom. The van der Waals surface area contributed by atoms with Gasteiger partial charge in [0.1, 0.15) is 0 Å². The van der Waals surface area contributed by atoms with Crippen LogP contribution in [0.15, 0.2) is 45.1 Å². The normalized spacial score (nSPS) is 11.6. The highest BCUT2D eigenvalue weighted by Gasteiger charge is 2.14. The molecule has 122 valence electrons. The van der Waals surface area contributed by atoms with E-state index in [-0.39, 0.29) is 11.2 Å². The predicted molar refractivity (Wildman–Crippen MR) is 94.9 cm³/mol. The first kappa shape index (κ1) is 15.2. The second-order valence-corrected chi connectivity index (χ2v) is 7.29. The first-order chi connectivity index (χ1) is 11.6. The van der Waals surface area contributed by atoms with E-state index in [1.165, 1.54) is 29.4 Å². The molecular formula is C15H13N5O2S2. The largest absolute Gasteiger partial charge is 0.330 e. The Labute approximate surface area is 144 Å². The van der Waals surface area contributed by atoms with E-state index in [0.29, 0.717) is 11.4 Å². The standard InChI is InChI=1S/C15H13N5O2S2/c1-18-9(7-12(21)19(2)15(18)22)8-23-13-16-17-14-20(13)10-5-3-4-6-11(10)24-14/h3-7H,8H2,1-2H3. The van der Waals surface area contributed by atoms with Gasteiger partial charge in [0.2, 0.25) is 4.96 Å². The number of nitrogens with zero attached hydrogens (tertiary/aromatic N) is 5. The zero-order valence-electron chi connectivity index (χ0n) is 13.0. The zero-order valence-corrected chi connectivity index (χ0v) is 14.6.